The minimum absolute atomic E-state index is 0.0689. The van der Waals surface area contributed by atoms with E-state index in [1.54, 1.807) is 13.0 Å². The number of hydrogen-bond donors (Lipinski definition) is 2. The number of nitrogens with one attached hydrogen (secondary N) is 1. The molecule has 1 fully saturated rings. The molecule has 2 N–H and O–H groups in total. The van der Waals surface area contributed by atoms with Gasteiger partial charge >= 0.3 is 5.97 Å². The van der Waals surface area contributed by atoms with Crippen LogP contribution in [0.25, 0.3) is 0 Å². The van der Waals surface area contributed by atoms with Crippen molar-refractivity contribution < 1.29 is 9.90 Å². The van der Waals surface area contributed by atoms with Crippen LogP contribution in [0.3, 0.4) is 0 Å². The van der Waals surface area contributed by atoms with E-state index >= 15 is 0 Å². The van der Waals surface area contributed by atoms with Crippen molar-refractivity contribution in [3.63, 3.8) is 0 Å². The molecule has 6 nitrogen and oxygen atoms in total. The van der Waals surface area contributed by atoms with Crippen LogP contribution in [0.15, 0.2) is 6.07 Å². The number of rotatable bonds is 3. The fourth-order valence-electron chi connectivity index (χ4n) is 2.21. The molecule has 1 aromatic heterocycles. The second-order valence-corrected chi connectivity index (χ2v) is 4.52. The number of carbonyl (C=O) groups is 1. The number of nitrogens with zero attached hydrogens (tertiary/aromatic N) is 3. The average Bonchev–Trinajstić information content (AvgIpc) is 2.76. The van der Waals surface area contributed by atoms with Crippen molar-refractivity contribution in [3.05, 3.63) is 17.5 Å². The number of carboxylic acids is 1. The van der Waals surface area contributed by atoms with Gasteiger partial charge in [-0.25, -0.2) is 9.97 Å². The molecule has 6 heteroatoms. The van der Waals surface area contributed by atoms with Crippen molar-refractivity contribution in [2.24, 2.45) is 5.92 Å². The quantitative estimate of drug-likeness (QED) is 0.834. The van der Waals surface area contributed by atoms with Gasteiger partial charge in [-0.2, -0.15) is 5.26 Å². The summed E-state index contributed by atoms with van der Waals surface area (Å²) in [5.41, 5.74) is 1.04. The fraction of sp³-hybridized carbons (Fsp3) is 0.500. The van der Waals surface area contributed by atoms with Crippen molar-refractivity contribution in [2.45, 2.75) is 32.2 Å². The number of nitriles is 1. The van der Waals surface area contributed by atoms with Crippen molar-refractivity contribution in [1.29, 1.82) is 5.26 Å². The average molecular weight is 246 g/mol. The Balaban J connectivity index is 2.05. The second kappa shape index (κ2) is 5.00. The van der Waals surface area contributed by atoms with Gasteiger partial charge in [0.25, 0.3) is 0 Å². The van der Waals surface area contributed by atoms with Crippen LogP contribution in [0.4, 0.5) is 5.95 Å². The number of aromatic nitrogens is 2. The molecular formula is C12H14N4O2. The van der Waals surface area contributed by atoms with E-state index in [0.717, 1.165) is 12.1 Å². The monoisotopic (exact) mass is 246 g/mol. The summed E-state index contributed by atoms with van der Waals surface area (Å²) in [4.78, 5) is 19.1. The Hall–Kier alpha value is -2.16. The zero-order chi connectivity index (χ0) is 13.1. The van der Waals surface area contributed by atoms with Crippen LogP contribution in [0.5, 0.6) is 0 Å². The van der Waals surface area contributed by atoms with E-state index in [1.165, 1.54) is 0 Å². The van der Waals surface area contributed by atoms with Crippen LogP contribution in [-0.2, 0) is 4.79 Å². The number of hydrogen-bond acceptors (Lipinski definition) is 5. The lowest BCUT2D eigenvalue weighted by molar-refractivity contribution is -0.141. The summed E-state index contributed by atoms with van der Waals surface area (Å²) in [7, 11) is 0. The molecule has 1 aliphatic rings. The summed E-state index contributed by atoms with van der Waals surface area (Å²) in [5.74, 6) is -0.632. The lowest BCUT2D eigenvalue weighted by atomic mass is 10.1. The zero-order valence-electron chi connectivity index (χ0n) is 10.1. The molecule has 0 aliphatic heterocycles. The maximum atomic E-state index is 10.9. The van der Waals surface area contributed by atoms with E-state index in [2.05, 4.69) is 15.3 Å². The molecule has 0 bridgehead atoms. The molecule has 2 rings (SSSR count). The molecular weight excluding hydrogens is 232 g/mol. The summed E-state index contributed by atoms with van der Waals surface area (Å²) < 4.78 is 0. The van der Waals surface area contributed by atoms with Gasteiger partial charge in [0.2, 0.25) is 5.95 Å². The Morgan fingerprint density at radius 3 is 2.94 bits per heavy atom. The smallest absolute Gasteiger partial charge is 0.306 e. The zero-order valence-corrected chi connectivity index (χ0v) is 10.1. The Labute approximate surface area is 105 Å². The Bertz CT molecular complexity index is 509. The first-order valence-corrected chi connectivity index (χ1v) is 5.83. The van der Waals surface area contributed by atoms with Crippen LogP contribution < -0.4 is 5.32 Å². The number of carboxylic acid groups (broad SMARTS) is 1. The van der Waals surface area contributed by atoms with E-state index in [0.29, 0.717) is 24.5 Å². The van der Waals surface area contributed by atoms with Crippen molar-refractivity contribution in [2.75, 3.05) is 5.32 Å². The minimum atomic E-state index is -0.748. The molecule has 0 unspecified atom stereocenters. The predicted octanol–water partition coefficient (Wildman–Crippen LogP) is 1.32. The molecule has 0 radical (unpaired) electrons. The number of anilines is 1. The van der Waals surface area contributed by atoms with Gasteiger partial charge in [0.15, 0.2) is 0 Å². The highest BCUT2D eigenvalue weighted by atomic mass is 16.4. The third-order valence-corrected chi connectivity index (χ3v) is 3.08. The van der Waals surface area contributed by atoms with E-state index in [9.17, 15) is 4.79 Å². The van der Waals surface area contributed by atoms with Gasteiger partial charge in [-0.05, 0) is 32.3 Å². The fourth-order valence-corrected chi connectivity index (χ4v) is 2.21. The molecule has 18 heavy (non-hydrogen) atoms. The maximum Gasteiger partial charge on any atom is 0.306 e. The highest BCUT2D eigenvalue weighted by molar-refractivity contribution is 5.70. The largest absolute Gasteiger partial charge is 0.481 e. The Morgan fingerprint density at radius 2 is 2.33 bits per heavy atom. The van der Waals surface area contributed by atoms with Crippen molar-refractivity contribution >= 4 is 11.9 Å². The summed E-state index contributed by atoms with van der Waals surface area (Å²) in [6.45, 7) is 1.79. The highest BCUT2D eigenvalue weighted by Crippen LogP contribution is 2.27. The number of aryl methyl sites for hydroxylation is 1. The topological polar surface area (TPSA) is 98.9 Å². The number of aliphatic carboxylic acids is 1. The van der Waals surface area contributed by atoms with Crippen LogP contribution in [0.1, 0.15) is 30.7 Å². The van der Waals surface area contributed by atoms with Crippen LogP contribution >= 0.6 is 0 Å². The Kier molecular flexibility index (Phi) is 3.42. The van der Waals surface area contributed by atoms with Gasteiger partial charge in [-0.3, -0.25) is 4.79 Å². The predicted molar refractivity (Wildman–Crippen MR) is 63.9 cm³/mol. The molecule has 0 saturated heterocycles. The van der Waals surface area contributed by atoms with Gasteiger partial charge in [0.05, 0.1) is 5.92 Å². The molecule has 2 atom stereocenters. The van der Waals surface area contributed by atoms with Crippen molar-refractivity contribution in [3.8, 4) is 6.07 Å². The van der Waals surface area contributed by atoms with Crippen LogP contribution in [0.2, 0.25) is 0 Å². The van der Waals surface area contributed by atoms with Crippen LogP contribution in [0, 0.1) is 24.2 Å². The van der Waals surface area contributed by atoms with E-state index in [1.807, 2.05) is 6.07 Å². The standard InChI is InChI=1S/C12H14N4O2/c1-7-4-10(6-13)16-12(14-7)15-9-3-2-8(5-9)11(17)18/h4,8-9H,2-3,5H2,1H3,(H,17,18)(H,14,15,16)/t8-,9+/m1/s1. The molecule has 1 saturated carbocycles. The third-order valence-electron chi connectivity index (χ3n) is 3.08. The van der Waals surface area contributed by atoms with E-state index in [-0.39, 0.29) is 12.0 Å². The third kappa shape index (κ3) is 2.74. The normalized spacial score (nSPS) is 22.4. The first-order chi connectivity index (χ1) is 8.58. The molecule has 0 aromatic carbocycles. The lowest BCUT2D eigenvalue weighted by Gasteiger charge is -2.12. The summed E-state index contributed by atoms with van der Waals surface area (Å²) in [6.07, 6.45) is 2.04. The van der Waals surface area contributed by atoms with Gasteiger partial charge in [0, 0.05) is 11.7 Å². The van der Waals surface area contributed by atoms with Gasteiger partial charge in [0.1, 0.15) is 11.8 Å². The highest BCUT2D eigenvalue weighted by Gasteiger charge is 2.30. The Morgan fingerprint density at radius 1 is 1.56 bits per heavy atom. The summed E-state index contributed by atoms with van der Waals surface area (Å²) in [6, 6.07) is 3.65. The molecule has 1 aromatic rings. The molecule has 1 heterocycles. The van der Waals surface area contributed by atoms with Gasteiger partial charge < -0.3 is 10.4 Å². The summed E-state index contributed by atoms with van der Waals surface area (Å²) in [5, 5.41) is 20.8. The van der Waals surface area contributed by atoms with E-state index in [4.69, 9.17) is 10.4 Å². The van der Waals surface area contributed by atoms with Gasteiger partial charge in [-0.1, -0.05) is 0 Å². The lowest BCUT2D eigenvalue weighted by Crippen LogP contribution is -2.19. The summed E-state index contributed by atoms with van der Waals surface area (Å²) >= 11 is 0. The molecule has 0 amide bonds. The first kappa shape index (κ1) is 12.3. The van der Waals surface area contributed by atoms with Gasteiger partial charge in [-0.15, -0.1) is 0 Å². The SMILES string of the molecule is Cc1cc(C#N)nc(N[C@H]2CC[C@@H](C(=O)O)C2)n1. The maximum absolute atomic E-state index is 10.9. The molecule has 0 spiro atoms. The van der Waals surface area contributed by atoms with Crippen molar-refractivity contribution in [1.82, 2.24) is 9.97 Å². The molecule has 94 valence electrons. The first-order valence-electron chi connectivity index (χ1n) is 5.83. The second-order valence-electron chi connectivity index (χ2n) is 4.52. The van der Waals surface area contributed by atoms with Crippen LogP contribution in [-0.4, -0.2) is 27.1 Å². The molecule has 1 aliphatic carbocycles. The minimum Gasteiger partial charge on any atom is -0.481 e. The van der Waals surface area contributed by atoms with E-state index < -0.39 is 5.97 Å².